The molecule has 9 heavy (non-hydrogen) atoms. The van der Waals surface area contributed by atoms with Gasteiger partial charge in [-0.3, -0.25) is 8.74 Å². The third kappa shape index (κ3) is 4.68. The lowest BCUT2D eigenvalue weighted by Gasteiger charge is -2.35. The molecular formula is C4H14N2O2S. The highest BCUT2D eigenvalue weighted by atomic mass is 32.3. The maximum absolute atomic E-state index is 9.20. The van der Waals surface area contributed by atoms with E-state index >= 15 is 0 Å². The summed E-state index contributed by atoms with van der Waals surface area (Å²) in [5.74, 6) is 0. The highest BCUT2D eigenvalue weighted by Crippen LogP contribution is 2.33. The van der Waals surface area contributed by atoms with E-state index < -0.39 is 10.8 Å². The van der Waals surface area contributed by atoms with E-state index in [1.165, 1.54) is 7.11 Å². The molecule has 1 atom stereocenters. The first kappa shape index (κ1) is 9.19. The van der Waals surface area contributed by atoms with Gasteiger partial charge in [-0.2, -0.15) is 4.83 Å². The van der Waals surface area contributed by atoms with E-state index in [9.17, 15) is 4.55 Å². The molecule has 0 amide bonds. The van der Waals surface area contributed by atoms with Gasteiger partial charge in [0.15, 0.2) is 0 Å². The van der Waals surface area contributed by atoms with Gasteiger partial charge in [0.1, 0.15) is 0 Å². The van der Waals surface area contributed by atoms with Crippen molar-refractivity contribution >= 4 is 10.8 Å². The van der Waals surface area contributed by atoms with Crippen molar-refractivity contribution in [1.29, 1.82) is 0 Å². The van der Waals surface area contributed by atoms with Crippen LogP contribution in [-0.4, -0.2) is 37.0 Å². The minimum Gasteiger partial charge on any atom is -0.285 e. The van der Waals surface area contributed by atoms with E-state index in [1.807, 2.05) is 0 Å². The minimum absolute atomic E-state index is 1.46. The zero-order valence-electron chi connectivity index (χ0n) is 6.21. The van der Waals surface area contributed by atoms with Crippen molar-refractivity contribution in [2.24, 2.45) is 0 Å². The predicted octanol–water partition coefficient (Wildman–Crippen LogP) is 0.436. The molecule has 0 aromatic rings. The van der Waals surface area contributed by atoms with Crippen LogP contribution in [0.3, 0.4) is 0 Å². The predicted molar refractivity (Wildman–Crippen MR) is 40.0 cm³/mol. The molecule has 0 heterocycles. The van der Waals surface area contributed by atoms with Crippen molar-refractivity contribution in [1.82, 2.24) is 9.84 Å². The number of nitrogens with zero attached hydrogens (tertiary/aromatic N) is 1. The molecule has 0 aliphatic carbocycles. The Labute approximate surface area is 57.6 Å². The smallest absolute Gasteiger partial charge is 0.0620 e. The van der Waals surface area contributed by atoms with Crippen LogP contribution in [0.4, 0.5) is 0 Å². The Balaban J connectivity index is 3.58. The van der Waals surface area contributed by atoms with Crippen LogP contribution in [0.2, 0.25) is 0 Å². The van der Waals surface area contributed by atoms with Crippen LogP contribution in [0.15, 0.2) is 0 Å². The lowest BCUT2D eigenvalue weighted by atomic mass is 11.2. The van der Waals surface area contributed by atoms with Gasteiger partial charge in [0, 0.05) is 20.4 Å². The van der Waals surface area contributed by atoms with Crippen molar-refractivity contribution in [2.75, 3.05) is 27.5 Å². The SMILES string of the molecule is COS(C)(O)NN(C)C. The molecule has 0 spiro atoms. The largest absolute Gasteiger partial charge is 0.285 e. The highest BCUT2D eigenvalue weighted by molar-refractivity contribution is 8.22. The van der Waals surface area contributed by atoms with Crippen molar-refractivity contribution in [2.45, 2.75) is 0 Å². The third-order valence-corrected chi connectivity index (χ3v) is 2.03. The molecule has 0 rings (SSSR count). The molecule has 0 bridgehead atoms. The monoisotopic (exact) mass is 154 g/mol. The second-order valence-corrected chi connectivity index (χ2v) is 4.08. The summed E-state index contributed by atoms with van der Waals surface area (Å²) in [5.41, 5.74) is 0. The molecule has 0 saturated heterocycles. The number of hydrogen-bond donors (Lipinski definition) is 2. The Morgan fingerprint density at radius 3 is 2.11 bits per heavy atom. The summed E-state index contributed by atoms with van der Waals surface area (Å²) in [6.45, 7) is 0. The summed E-state index contributed by atoms with van der Waals surface area (Å²) in [6.07, 6.45) is 1.60. The Bertz CT molecular complexity index is 86.6. The molecule has 5 heteroatoms. The Morgan fingerprint density at radius 2 is 2.00 bits per heavy atom. The molecule has 0 aliphatic heterocycles. The molecule has 1 unspecified atom stereocenters. The van der Waals surface area contributed by atoms with Gasteiger partial charge < -0.3 is 0 Å². The molecule has 58 valence electrons. The molecule has 4 nitrogen and oxygen atoms in total. The summed E-state index contributed by atoms with van der Waals surface area (Å²) < 4.78 is 13.9. The first-order valence-corrected chi connectivity index (χ1v) is 4.41. The van der Waals surface area contributed by atoms with Gasteiger partial charge in [0.2, 0.25) is 0 Å². The second-order valence-electron chi connectivity index (χ2n) is 1.95. The van der Waals surface area contributed by atoms with Gasteiger partial charge in [-0.25, -0.2) is 5.01 Å². The minimum atomic E-state index is -2.04. The third-order valence-electron chi connectivity index (χ3n) is 0.676. The maximum Gasteiger partial charge on any atom is 0.0620 e. The van der Waals surface area contributed by atoms with E-state index in [0.29, 0.717) is 0 Å². The average Bonchev–Trinajstić information content (AvgIpc) is 1.63. The molecule has 0 aromatic carbocycles. The van der Waals surface area contributed by atoms with Crippen molar-refractivity contribution < 1.29 is 8.74 Å². The fraction of sp³-hybridized carbons (Fsp3) is 1.00. The molecule has 0 radical (unpaired) electrons. The Hall–Kier alpha value is 0.190. The number of nitrogens with one attached hydrogen (secondary N) is 1. The van der Waals surface area contributed by atoms with Crippen molar-refractivity contribution in [3.05, 3.63) is 0 Å². The highest BCUT2D eigenvalue weighted by Gasteiger charge is 2.05. The maximum atomic E-state index is 9.20. The molecular weight excluding hydrogens is 140 g/mol. The summed E-state index contributed by atoms with van der Waals surface area (Å²) >= 11 is 0. The van der Waals surface area contributed by atoms with Crippen LogP contribution in [0.5, 0.6) is 0 Å². The van der Waals surface area contributed by atoms with Gasteiger partial charge >= 0.3 is 0 Å². The van der Waals surface area contributed by atoms with Gasteiger partial charge in [-0.1, -0.05) is 0 Å². The first-order chi connectivity index (χ1) is 3.98. The van der Waals surface area contributed by atoms with E-state index in [2.05, 4.69) is 4.83 Å². The normalized spacial score (nSPS) is 21.6. The van der Waals surface area contributed by atoms with Gasteiger partial charge in [-0.05, 0) is 0 Å². The van der Waals surface area contributed by atoms with E-state index in [0.717, 1.165) is 0 Å². The van der Waals surface area contributed by atoms with Crippen LogP contribution >= 0.6 is 10.8 Å². The zero-order valence-corrected chi connectivity index (χ0v) is 7.03. The fourth-order valence-electron chi connectivity index (χ4n) is 0.376. The number of hydrazine groups is 1. The summed E-state index contributed by atoms with van der Waals surface area (Å²) in [5, 5.41) is 1.65. The average molecular weight is 154 g/mol. The van der Waals surface area contributed by atoms with E-state index in [4.69, 9.17) is 4.18 Å². The van der Waals surface area contributed by atoms with E-state index in [-0.39, 0.29) is 0 Å². The lowest BCUT2D eigenvalue weighted by Crippen LogP contribution is -2.33. The Morgan fingerprint density at radius 1 is 1.56 bits per heavy atom. The molecule has 0 aromatic heterocycles. The van der Waals surface area contributed by atoms with Crippen LogP contribution < -0.4 is 4.83 Å². The van der Waals surface area contributed by atoms with Crippen LogP contribution in [0, 0.1) is 0 Å². The van der Waals surface area contributed by atoms with Gasteiger partial charge in [-0.15, -0.1) is 10.8 Å². The lowest BCUT2D eigenvalue weighted by molar-refractivity contribution is 0.311. The second kappa shape index (κ2) is 3.38. The summed E-state index contributed by atoms with van der Waals surface area (Å²) in [7, 11) is 3.01. The standard InChI is InChI=1S/C4H14N2O2S/c1-6(2)5-9(4,7)8-3/h5,7H,1-4H3. The molecule has 0 fully saturated rings. The topological polar surface area (TPSA) is 44.7 Å². The number of rotatable bonds is 3. The zero-order chi connectivity index (χ0) is 7.49. The Kier molecular flexibility index (Phi) is 3.45. The van der Waals surface area contributed by atoms with Crippen LogP contribution in [0.1, 0.15) is 0 Å². The summed E-state index contributed by atoms with van der Waals surface area (Å²) in [4.78, 5) is 2.72. The molecule has 2 N–H and O–H groups in total. The quantitative estimate of drug-likeness (QED) is 0.579. The molecule has 0 saturated carbocycles. The van der Waals surface area contributed by atoms with Gasteiger partial charge in [0.25, 0.3) is 0 Å². The fourth-order valence-corrected chi connectivity index (χ4v) is 1.13. The van der Waals surface area contributed by atoms with Crippen LogP contribution in [0.25, 0.3) is 0 Å². The van der Waals surface area contributed by atoms with Crippen molar-refractivity contribution in [3.63, 3.8) is 0 Å². The first-order valence-electron chi connectivity index (χ1n) is 2.49. The number of hydrogen-bond acceptors (Lipinski definition) is 4. The van der Waals surface area contributed by atoms with E-state index in [1.54, 1.807) is 25.4 Å². The van der Waals surface area contributed by atoms with Gasteiger partial charge in [0.05, 0.1) is 7.11 Å². The molecule has 0 aliphatic rings. The van der Waals surface area contributed by atoms with Crippen LogP contribution in [-0.2, 0) is 4.18 Å². The summed E-state index contributed by atoms with van der Waals surface area (Å²) in [6, 6.07) is 0. The van der Waals surface area contributed by atoms with Crippen molar-refractivity contribution in [3.8, 4) is 0 Å².